The van der Waals surface area contributed by atoms with Crippen LogP contribution < -0.4 is 5.32 Å². The van der Waals surface area contributed by atoms with Gasteiger partial charge in [-0.15, -0.1) is 0 Å². The molecule has 0 fully saturated rings. The molecule has 0 aliphatic rings. The van der Waals surface area contributed by atoms with Crippen molar-refractivity contribution in [3.8, 4) is 0 Å². The number of hydrogen-bond donors (Lipinski definition) is 1. The van der Waals surface area contributed by atoms with Gasteiger partial charge in [0.15, 0.2) is 0 Å². The Kier molecular flexibility index (Phi) is 5.60. The van der Waals surface area contributed by atoms with Crippen LogP contribution in [0.15, 0.2) is 22.7 Å². The van der Waals surface area contributed by atoms with E-state index in [0.717, 1.165) is 31.5 Å². The fourth-order valence-electron chi connectivity index (χ4n) is 1.86. The minimum absolute atomic E-state index is 0.131. The Hall–Kier alpha value is -0.410. The molecule has 0 spiro atoms. The Balaban J connectivity index is 2.71. The molecule has 0 saturated heterocycles. The Morgan fingerprint density at radius 1 is 1.29 bits per heavy atom. The second-order valence-electron chi connectivity index (χ2n) is 4.99. The molecule has 17 heavy (non-hydrogen) atoms. The van der Waals surface area contributed by atoms with Crippen molar-refractivity contribution in [1.82, 2.24) is 5.32 Å². The zero-order valence-corrected chi connectivity index (χ0v) is 12.4. The van der Waals surface area contributed by atoms with Crippen molar-refractivity contribution >= 4 is 15.9 Å². The summed E-state index contributed by atoms with van der Waals surface area (Å²) in [5.74, 6) is -0.131. The normalized spacial score (nSPS) is 11.8. The van der Waals surface area contributed by atoms with Gasteiger partial charge in [-0.25, -0.2) is 4.39 Å². The Bertz CT molecular complexity index is 363. The van der Waals surface area contributed by atoms with Gasteiger partial charge < -0.3 is 5.32 Å². The molecule has 1 rings (SSSR count). The minimum Gasteiger partial charge on any atom is -0.317 e. The van der Waals surface area contributed by atoms with Crippen LogP contribution in [0.4, 0.5) is 4.39 Å². The number of halogens is 2. The lowest BCUT2D eigenvalue weighted by atomic mass is 9.81. The molecule has 0 saturated carbocycles. The third-order valence-corrected chi connectivity index (χ3v) is 3.65. The van der Waals surface area contributed by atoms with E-state index in [-0.39, 0.29) is 11.2 Å². The van der Waals surface area contributed by atoms with E-state index in [0.29, 0.717) is 4.47 Å². The van der Waals surface area contributed by atoms with Gasteiger partial charge in [-0.1, -0.05) is 32.9 Å². The molecule has 0 heterocycles. The van der Waals surface area contributed by atoms with Crippen molar-refractivity contribution in [3.05, 3.63) is 34.1 Å². The third kappa shape index (κ3) is 4.07. The summed E-state index contributed by atoms with van der Waals surface area (Å²) in [4.78, 5) is 0. The third-order valence-electron chi connectivity index (χ3n) is 3.03. The first-order valence-corrected chi connectivity index (χ1v) is 6.93. The van der Waals surface area contributed by atoms with Crippen LogP contribution in [0.5, 0.6) is 0 Å². The van der Waals surface area contributed by atoms with Crippen molar-refractivity contribution in [2.45, 2.75) is 39.0 Å². The summed E-state index contributed by atoms with van der Waals surface area (Å²) in [5.41, 5.74) is 0.638. The van der Waals surface area contributed by atoms with Gasteiger partial charge in [0, 0.05) is 0 Å². The number of benzene rings is 1. The lowest BCUT2D eigenvalue weighted by Crippen LogP contribution is -2.26. The summed E-state index contributed by atoms with van der Waals surface area (Å²) in [6.07, 6.45) is 2.06. The molecule has 0 amide bonds. The molecule has 96 valence electrons. The largest absolute Gasteiger partial charge is 0.317 e. The molecule has 1 N–H and O–H groups in total. The highest BCUT2D eigenvalue weighted by Gasteiger charge is 2.24. The van der Waals surface area contributed by atoms with E-state index < -0.39 is 0 Å². The zero-order valence-electron chi connectivity index (χ0n) is 10.8. The topological polar surface area (TPSA) is 12.0 Å². The molecule has 1 nitrogen and oxygen atoms in total. The smallest absolute Gasteiger partial charge is 0.141 e. The highest BCUT2D eigenvalue weighted by atomic mass is 79.9. The lowest BCUT2D eigenvalue weighted by molar-refractivity contribution is 0.433. The van der Waals surface area contributed by atoms with E-state index in [1.165, 1.54) is 0 Å². The highest BCUT2D eigenvalue weighted by molar-refractivity contribution is 9.10. The summed E-state index contributed by atoms with van der Waals surface area (Å²) in [6.45, 7) is 8.27. The maximum Gasteiger partial charge on any atom is 0.141 e. The van der Waals surface area contributed by atoms with Gasteiger partial charge in [0.05, 0.1) is 4.47 Å². The standard InChI is InChI=1S/C14H21BrFN/c1-4-9-17-10-8-14(2,3)11-6-5-7-12(15)13(11)16/h5-7,17H,4,8-10H2,1-3H3. The zero-order chi connectivity index (χ0) is 12.9. The van der Waals surface area contributed by atoms with E-state index in [4.69, 9.17) is 0 Å². The van der Waals surface area contributed by atoms with Crippen LogP contribution in [-0.4, -0.2) is 13.1 Å². The van der Waals surface area contributed by atoms with Crippen molar-refractivity contribution in [2.75, 3.05) is 13.1 Å². The second-order valence-corrected chi connectivity index (χ2v) is 5.84. The van der Waals surface area contributed by atoms with E-state index in [1.807, 2.05) is 12.1 Å². The monoisotopic (exact) mass is 301 g/mol. The van der Waals surface area contributed by atoms with Crippen molar-refractivity contribution < 1.29 is 4.39 Å². The summed E-state index contributed by atoms with van der Waals surface area (Å²) in [6, 6.07) is 5.51. The number of hydrogen-bond acceptors (Lipinski definition) is 1. The van der Waals surface area contributed by atoms with Gasteiger partial charge in [0.1, 0.15) is 5.82 Å². The summed E-state index contributed by atoms with van der Waals surface area (Å²) in [7, 11) is 0. The van der Waals surface area contributed by atoms with Crippen molar-refractivity contribution in [2.24, 2.45) is 0 Å². The lowest BCUT2D eigenvalue weighted by Gasteiger charge is -2.26. The van der Waals surface area contributed by atoms with Gasteiger partial charge >= 0.3 is 0 Å². The molecule has 0 aliphatic carbocycles. The van der Waals surface area contributed by atoms with E-state index in [9.17, 15) is 4.39 Å². The molecule has 0 atom stereocenters. The molecule has 0 unspecified atom stereocenters. The SMILES string of the molecule is CCCNCCC(C)(C)c1cccc(Br)c1F. The fourth-order valence-corrected chi connectivity index (χ4v) is 2.23. The molecule has 0 radical (unpaired) electrons. The fraction of sp³-hybridized carbons (Fsp3) is 0.571. The van der Waals surface area contributed by atoms with Gasteiger partial charge in [0.2, 0.25) is 0 Å². The summed E-state index contributed by atoms with van der Waals surface area (Å²) in [5, 5.41) is 3.36. The second kappa shape index (κ2) is 6.50. The number of nitrogens with one attached hydrogen (secondary N) is 1. The molecular weight excluding hydrogens is 281 g/mol. The van der Waals surface area contributed by atoms with Crippen LogP contribution in [0.3, 0.4) is 0 Å². The van der Waals surface area contributed by atoms with Crippen LogP contribution in [0.25, 0.3) is 0 Å². The molecule has 3 heteroatoms. The van der Waals surface area contributed by atoms with Crippen LogP contribution in [-0.2, 0) is 5.41 Å². The highest BCUT2D eigenvalue weighted by Crippen LogP contribution is 2.31. The average molecular weight is 302 g/mol. The van der Waals surface area contributed by atoms with Gasteiger partial charge in [-0.05, 0) is 58.9 Å². The molecule has 1 aromatic rings. The van der Waals surface area contributed by atoms with Crippen LogP contribution in [0.1, 0.15) is 39.2 Å². The Labute approximate surface area is 112 Å². The maximum atomic E-state index is 14.0. The average Bonchev–Trinajstić information content (AvgIpc) is 2.28. The quantitative estimate of drug-likeness (QED) is 0.774. The number of rotatable bonds is 6. The molecular formula is C14H21BrFN. The van der Waals surface area contributed by atoms with Crippen LogP contribution in [0.2, 0.25) is 0 Å². The molecule has 1 aromatic carbocycles. The van der Waals surface area contributed by atoms with Crippen LogP contribution in [0, 0.1) is 5.82 Å². The Morgan fingerprint density at radius 3 is 2.65 bits per heavy atom. The molecule has 0 aromatic heterocycles. The van der Waals surface area contributed by atoms with Gasteiger partial charge in [-0.3, -0.25) is 0 Å². The molecule has 0 bridgehead atoms. The van der Waals surface area contributed by atoms with Gasteiger partial charge in [0.25, 0.3) is 0 Å². The van der Waals surface area contributed by atoms with E-state index in [2.05, 4.69) is 42.0 Å². The maximum absolute atomic E-state index is 14.0. The van der Waals surface area contributed by atoms with E-state index >= 15 is 0 Å². The van der Waals surface area contributed by atoms with E-state index in [1.54, 1.807) is 6.07 Å². The van der Waals surface area contributed by atoms with Gasteiger partial charge in [-0.2, -0.15) is 0 Å². The first-order chi connectivity index (χ1) is 7.99. The molecule has 0 aliphatic heterocycles. The first-order valence-electron chi connectivity index (χ1n) is 6.14. The van der Waals surface area contributed by atoms with Crippen LogP contribution >= 0.6 is 15.9 Å². The van der Waals surface area contributed by atoms with Crippen molar-refractivity contribution in [1.29, 1.82) is 0 Å². The predicted octanol–water partition coefficient (Wildman–Crippen LogP) is 4.26. The summed E-state index contributed by atoms with van der Waals surface area (Å²) < 4.78 is 14.6. The summed E-state index contributed by atoms with van der Waals surface area (Å²) >= 11 is 3.24. The predicted molar refractivity (Wildman–Crippen MR) is 74.9 cm³/mol. The Morgan fingerprint density at radius 2 is 2.00 bits per heavy atom. The first kappa shape index (κ1) is 14.7. The minimum atomic E-state index is -0.144. The van der Waals surface area contributed by atoms with Crippen molar-refractivity contribution in [3.63, 3.8) is 0 Å².